The third-order valence-corrected chi connectivity index (χ3v) is 4.94. The molecule has 1 unspecified atom stereocenters. The SMILES string of the molecule is CCCOc1c(Br)cc(CN2CCC(C)(CN)C2)cc1OCC.Cl. The molecule has 1 heterocycles. The van der Waals surface area contributed by atoms with Gasteiger partial charge in [-0.3, -0.25) is 4.90 Å². The van der Waals surface area contributed by atoms with E-state index >= 15 is 0 Å². The van der Waals surface area contributed by atoms with E-state index in [4.69, 9.17) is 15.2 Å². The Hall–Kier alpha value is -0.490. The van der Waals surface area contributed by atoms with Gasteiger partial charge in [0.05, 0.1) is 17.7 Å². The molecule has 0 amide bonds. The van der Waals surface area contributed by atoms with Crippen molar-refractivity contribution in [2.24, 2.45) is 11.1 Å². The van der Waals surface area contributed by atoms with Gasteiger partial charge >= 0.3 is 0 Å². The lowest BCUT2D eigenvalue weighted by molar-refractivity contribution is 0.267. The molecule has 0 radical (unpaired) electrons. The van der Waals surface area contributed by atoms with Gasteiger partial charge in [0.15, 0.2) is 11.5 Å². The summed E-state index contributed by atoms with van der Waals surface area (Å²) in [5.74, 6) is 1.64. The van der Waals surface area contributed by atoms with E-state index in [1.165, 1.54) is 12.0 Å². The third-order valence-electron chi connectivity index (χ3n) is 4.36. The lowest BCUT2D eigenvalue weighted by Gasteiger charge is -2.23. The van der Waals surface area contributed by atoms with Crippen LogP contribution in [-0.4, -0.2) is 37.7 Å². The maximum atomic E-state index is 5.91. The van der Waals surface area contributed by atoms with Crippen LogP contribution >= 0.6 is 28.3 Å². The molecule has 0 spiro atoms. The van der Waals surface area contributed by atoms with E-state index in [1.807, 2.05) is 6.92 Å². The Balaban J connectivity index is 0.00000288. The molecule has 1 aliphatic rings. The molecule has 1 aromatic carbocycles. The number of hydrogen-bond acceptors (Lipinski definition) is 4. The first-order chi connectivity index (χ1) is 11.0. The normalized spacial score (nSPS) is 20.7. The first kappa shape index (κ1) is 21.6. The highest BCUT2D eigenvalue weighted by Crippen LogP contribution is 2.38. The maximum Gasteiger partial charge on any atom is 0.175 e. The maximum absolute atomic E-state index is 5.91. The molecule has 24 heavy (non-hydrogen) atoms. The van der Waals surface area contributed by atoms with Crippen LogP contribution in [0.25, 0.3) is 0 Å². The molecule has 1 fully saturated rings. The van der Waals surface area contributed by atoms with Crippen LogP contribution in [0.5, 0.6) is 11.5 Å². The van der Waals surface area contributed by atoms with Gasteiger partial charge in [0.2, 0.25) is 0 Å². The number of ether oxygens (including phenoxy) is 2. The highest BCUT2D eigenvalue weighted by molar-refractivity contribution is 9.10. The summed E-state index contributed by atoms with van der Waals surface area (Å²) in [6.07, 6.45) is 2.14. The lowest BCUT2D eigenvalue weighted by atomic mass is 9.90. The number of benzene rings is 1. The van der Waals surface area contributed by atoms with Crippen LogP contribution in [-0.2, 0) is 6.54 Å². The predicted molar refractivity (Wildman–Crippen MR) is 105 cm³/mol. The molecule has 0 aliphatic carbocycles. The zero-order chi connectivity index (χ0) is 16.9. The molecule has 0 bridgehead atoms. The molecule has 1 atom stereocenters. The second-order valence-corrected chi connectivity index (χ2v) is 7.52. The van der Waals surface area contributed by atoms with Crippen LogP contribution in [0.3, 0.4) is 0 Å². The average Bonchev–Trinajstić information content (AvgIpc) is 2.89. The Morgan fingerprint density at radius 1 is 1.29 bits per heavy atom. The number of rotatable bonds is 8. The van der Waals surface area contributed by atoms with Crippen LogP contribution in [0.1, 0.15) is 39.2 Å². The molecule has 0 saturated carbocycles. The van der Waals surface area contributed by atoms with E-state index in [2.05, 4.69) is 46.8 Å². The van der Waals surface area contributed by atoms with Crippen LogP contribution < -0.4 is 15.2 Å². The third kappa shape index (κ3) is 5.51. The molecule has 1 aromatic rings. The largest absolute Gasteiger partial charge is 0.490 e. The van der Waals surface area contributed by atoms with Crippen LogP contribution in [0.2, 0.25) is 0 Å². The van der Waals surface area contributed by atoms with Crippen molar-refractivity contribution < 1.29 is 9.47 Å². The minimum Gasteiger partial charge on any atom is -0.490 e. The minimum atomic E-state index is 0. The Kier molecular flexibility index (Phi) is 8.85. The van der Waals surface area contributed by atoms with E-state index in [0.717, 1.165) is 48.6 Å². The molecule has 0 aromatic heterocycles. The second kappa shape index (κ2) is 9.85. The highest BCUT2D eigenvalue weighted by atomic mass is 79.9. The van der Waals surface area contributed by atoms with Gasteiger partial charge in [0.25, 0.3) is 0 Å². The van der Waals surface area contributed by atoms with Crippen LogP contribution in [0.15, 0.2) is 16.6 Å². The van der Waals surface area contributed by atoms with Crippen molar-refractivity contribution in [1.82, 2.24) is 4.90 Å². The van der Waals surface area contributed by atoms with Gasteiger partial charge in [-0.05, 0) is 71.9 Å². The summed E-state index contributed by atoms with van der Waals surface area (Å²) in [4.78, 5) is 2.47. The molecule has 4 nitrogen and oxygen atoms in total. The fraction of sp³-hybridized carbons (Fsp3) is 0.667. The van der Waals surface area contributed by atoms with Crippen LogP contribution in [0.4, 0.5) is 0 Å². The highest BCUT2D eigenvalue weighted by Gasteiger charge is 2.32. The zero-order valence-corrected chi connectivity index (χ0v) is 17.3. The topological polar surface area (TPSA) is 47.7 Å². The summed E-state index contributed by atoms with van der Waals surface area (Å²) >= 11 is 3.64. The lowest BCUT2D eigenvalue weighted by Crippen LogP contribution is -2.31. The Labute approximate surface area is 160 Å². The van der Waals surface area contributed by atoms with Gasteiger partial charge < -0.3 is 15.2 Å². The van der Waals surface area contributed by atoms with Crippen LogP contribution in [0, 0.1) is 5.41 Å². The zero-order valence-electron chi connectivity index (χ0n) is 14.9. The van der Waals surface area contributed by atoms with Gasteiger partial charge in [0.1, 0.15) is 0 Å². The minimum absolute atomic E-state index is 0. The van der Waals surface area contributed by atoms with Gasteiger partial charge in [-0.1, -0.05) is 13.8 Å². The molecule has 1 saturated heterocycles. The summed E-state index contributed by atoms with van der Waals surface area (Å²) < 4.78 is 12.6. The predicted octanol–water partition coefficient (Wildman–Crippen LogP) is 4.23. The summed E-state index contributed by atoms with van der Waals surface area (Å²) in [5, 5.41) is 0. The van der Waals surface area contributed by atoms with Gasteiger partial charge in [0, 0.05) is 13.1 Å². The monoisotopic (exact) mass is 420 g/mol. The first-order valence-electron chi connectivity index (χ1n) is 8.51. The van der Waals surface area contributed by atoms with Gasteiger partial charge in [-0.25, -0.2) is 0 Å². The summed E-state index contributed by atoms with van der Waals surface area (Å²) in [7, 11) is 0. The molecular weight excluding hydrogens is 392 g/mol. The number of nitrogens with two attached hydrogens (primary N) is 1. The van der Waals surface area contributed by atoms with Crippen molar-refractivity contribution in [3.8, 4) is 11.5 Å². The van der Waals surface area contributed by atoms with E-state index in [-0.39, 0.29) is 17.8 Å². The quantitative estimate of drug-likeness (QED) is 0.682. The van der Waals surface area contributed by atoms with Crippen molar-refractivity contribution in [3.05, 3.63) is 22.2 Å². The Bertz CT molecular complexity index is 530. The van der Waals surface area contributed by atoms with Crippen molar-refractivity contribution in [2.75, 3.05) is 32.8 Å². The van der Waals surface area contributed by atoms with Crippen molar-refractivity contribution >= 4 is 28.3 Å². The Morgan fingerprint density at radius 3 is 2.62 bits per heavy atom. The number of likely N-dealkylation sites (tertiary alicyclic amines) is 1. The second-order valence-electron chi connectivity index (χ2n) is 6.66. The molecule has 138 valence electrons. The molecule has 6 heteroatoms. The van der Waals surface area contributed by atoms with Gasteiger partial charge in [-0.15, -0.1) is 12.4 Å². The van der Waals surface area contributed by atoms with E-state index in [1.54, 1.807) is 0 Å². The van der Waals surface area contributed by atoms with Gasteiger partial charge in [-0.2, -0.15) is 0 Å². The number of halogens is 2. The first-order valence-corrected chi connectivity index (χ1v) is 9.31. The molecule has 2 rings (SSSR count). The number of hydrogen-bond donors (Lipinski definition) is 1. The summed E-state index contributed by atoms with van der Waals surface area (Å²) in [6, 6.07) is 4.25. The standard InChI is InChI=1S/C18H29BrN2O2.ClH/c1-4-8-23-17-15(19)9-14(10-16(17)22-5-2)11-21-7-6-18(3,12-20)13-21;/h9-10H,4-8,11-13,20H2,1-3H3;1H. The fourth-order valence-corrected chi connectivity index (χ4v) is 3.61. The molecule has 1 aliphatic heterocycles. The summed E-state index contributed by atoms with van der Waals surface area (Å²) in [5.41, 5.74) is 7.40. The summed E-state index contributed by atoms with van der Waals surface area (Å²) in [6.45, 7) is 11.5. The molecule has 2 N–H and O–H groups in total. The number of nitrogens with zero attached hydrogens (tertiary/aromatic N) is 1. The smallest absolute Gasteiger partial charge is 0.175 e. The average molecular weight is 422 g/mol. The van der Waals surface area contributed by atoms with E-state index in [0.29, 0.717) is 13.2 Å². The fourth-order valence-electron chi connectivity index (χ4n) is 3.01. The Morgan fingerprint density at radius 2 is 2.04 bits per heavy atom. The van der Waals surface area contributed by atoms with E-state index in [9.17, 15) is 0 Å². The van der Waals surface area contributed by atoms with Crippen molar-refractivity contribution in [1.29, 1.82) is 0 Å². The van der Waals surface area contributed by atoms with Crippen molar-refractivity contribution in [3.63, 3.8) is 0 Å². The van der Waals surface area contributed by atoms with Crippen molar-refractivity contribution in [2.45, 2.75) is 40.2 Å². The molecular formula is C18H30BrClN2O2. The van der Waals surface area contributed by atoms with E-state index < -0.39 is 0 Å².